The zero-order valence-corrected chi connectivity index (χ0v) is 14.5. The third-order valence-electron chi connectivity index (χ3n) is 5.85. The van der Waals surface area contributed by atoms with Crippen molar-refractivity contribution >= 4 is 16.8 Å². The third kappa shape index (κ3) is 2.61. The van der Waals surface area contributed by atoms with Gasteiger partial charge >= 0.3 is 0 Å². The van der Waals surface area contributed by atoms with Crippen LogP contribution in [0.15, 0.2) is 24.3 Å². The van der Waals surface area contributed by atoms with Crippen LogP contribution in [0.5, 0.6) is 0 Å². The minimum atomic E-state index is -0.0222. The number of aromatic nitrogens is 2. The summed E-state index contributed by atoms with van der Waals surface area (Å²) < 4.78 is 1.91. The zero-order chi connectivity index (χ0) is 16.7. The van der Waals surface area contributed by atoms with E-state index in [0.717, 1.165) is 30.3 Å². The second-order valence-corrected chi connectivity index (χ2v) is 7.23. The van der Waals surface area contributed by atoms with E-state index in [1.165, 1.54) is 19.3 Å². The molecule has 128 valence electrons. The molecule has 1 aromatic heterocycles. The Morgan fingerprint density at radius 2 is 1.96 bits per heavy atom. The molecule has 1 aromatic carbocycles. The number of nitrogens with one attached hydrogen (secondary N) is 1. The minimum Gasteiger partial charge on any atom is -0.348 e. The molecule has 1 amide bonds. The second-order valence-electron chi connectivity index (χ2n) is 7.23. The number of nitrogens with zero attached hydrogens (tertiary/aromatic N) is 3. The first-order valence-corrected chi connectivity index (χ1v) is 9.15. The molecule has 0 unspecified atom stereocenters. The highest BCUT2D eigenvalue weighted by Gasteiger charge is 2.36. The van der Waals surface area contributed by atoms with E-state index in [1.807, 2.05) is 28.9 Å². The molecule has 2 aliphatic rings. The number of rotatable bonds is 3. The molecule has 0 saturated carbocycles. The number of hydrogen-bond acceptors (Lipinski definition) is 3. The van der Waals surface area contributed by atoms with E-state index >= 15 is 0 Å². The maximum atomic E-state index is 12.9. The normalized spacial score (nSPS) is 27.3. The van der Waals surface area contributed by atoms with Gasteiger partial charge in [-0.2, -0.15) is 5.10 Å². The molecule has 5 heteroatoms. The lowest BCUT2D eigenvalue weighted by atomic mass is 9.82. The number of piperidine rings is 2. The van der Waals surface area contributed by atoms with Gasteiger partial charge in [-0.25, -0.2) is 0 Å². The van der Waals surface area contributed by atoms with Crippen LogP contribution < -0.4 is 5.32 Å². The van der Waals surface area contributed by atoms with Crippen molar-refractivity contribution in [1.82, 2.24) is 20.0 Å². The van der Waals surface area contributed by atoms with Crippen LogP contribution in [0.4, 0.5) is 0 Å². The van der Waals surface area contributed by atoms with E-state index in [-0.39, 0.29) is 11.9 Å². The predicted molar refractivity (Wildman–Crippen MR) is 95.1 cm³/mol. The van der Waals surface area contributed by atoms with Gasteiger partial charge in [-0.15, -0.1) is 0 Å². The lowest BCUT2D eigenvalue weighted by Gasteiger charge is -2.47. The molecule has 0 radical (unpaired) electrons. The number of fused-ring (bicyclic) bond motifs is 3. The average Bonchev–Trinajstić information content (AvgIpc) is 2.95. The number of aryl methyl sites for hydroxylation is 1. The Labute approximate surface area is 143 Å². The number of carbonyl (C=O) groups excluding carboxylic acids is 1. The molecule has 3 atom stereocenters. The van der Waals surface area contributed by atoms with Gasteiger partial charge in [0.05, 0.1) is 5.52 Å². The minimum absolute atomic E-state index is 0.0222. The van der Waals surface area contributed by atoms with Crippen molar-refractivity contribution in [1.29, 1.82) is 0 Å². The maximum Gasteiger partial charge on any atom is 0.272 e. The molecule has 2 fully saturated rings. The quantitative estimate of drug-likeness (QED) is 0.943. The summed E-state index contributed by atoms with van der Waals surface area (Å²) in [5, 5.41) is 8.78. The third-order valence-corrected chi connectivity index (χ3v) is 5.85. The number of amides is 1. The van der Waals surface area contributed by atoms with Crippen molar-refractivity contribution in [3.8, 4) is 0 Å². The van der Waals surface area contributed by atoms with Crippen molar-refractivity contribution < 1.29 is 4.79 Å². The van der Waals surface area contributed by atoms with Crippen molar-refractivity contribution in [3.63, 3.8) is 0 Å². The van der Waals surface area contributed by atoms with Gasteiger partial charge in [0.15, 0.2) is 5.69 Å². The lowest BCUT2D eigenvalue weighted by molar-refractivity contribution is 0.0462. The number of para-hydroxylation sites is 1. The van der Waals surface area contributed by atoms with Crippen molar-refractivity contribution in [3.05, 3.63) is 30.0 Å². The number of carbonyl (C=O) groups is 1. The van der Waals surface area contributed by atoms with Gasteiger partial charge in [-0.05, 0) is 45.7 Å². The second kappa shape index (κ2) is 6.20. The predicted octanol–water partition coefficient (Wildman–Crippen LogP) is 2.80. The highest BCUT2D eigenvalue weighted by Crippen LogP contribution is 2.32. The molecule has 0 spiro atoms. The summed E-state index contributed by atoms with van der Waals surface area (Å²) >= 11 is 0. The zero-order valence-electron chi connectivity index (χ0n) is 14.5. The van der Waals surface area contributed by atoms with Crippen molar-refractivity contribution in [2.45, 2.75) is 63.7 Å². The molecule has 2 aromatic rings. The SMILES string of the molecule is CCn1nc(C(=O)N[C@H]2C[C@H]3CCC[C@@H](C2)N3C)c2ccccc21. The van der Waals surface area contributed by atoms with Crippen LogP contribution in [0.25, 0.3) is 10.9 Å². The largest absolute Gasteiger partial charge is 0.348 e. The Bertz CT molecular complexity index is 739. The molecular formula is C19H26N4O. The van der Waals surface area contributed by atoms with Gasteiger partial charge in [-0.1, -0.05) is 24.6 Å². The number of hydrogen-bond donors (Lipinski definition) is 1. The van der Waals surface area contributed by atoms with Crippen LogP contribution in [0.1, 0.15) is 49.5 Å². The molecule has 2 aliphatic heterocycles. The first-order chi connectivity index (χ1) is 11.7. The molecule has 0 aliphatic carbocycles. The fraction of sp³-hybridized carbons (Fsp3) is 0.579. The number of benzene rings is 1. The maximum absolute atomic E-state index is 12.9. The monoisotopic (exact) mass is 326 g/mol. The summed E-state index contributed by atoms with van der Waals surface area (Å²) in [6.07, 6.45) is 5.96. The van der Waals surface area contributed by atoms with Crippen LogP contribution in [0.3, 0.4) is 0 Å². The van der Waals surface area contributed by atoms with Gasteiger partial charge in [0.1, 0.15) is 0 Å². The highest BCUT2D eigenvalue weighted by molar-refractivity contribution is 6.04. The van der Waals surface area contributed by atoms with Crippen LogP contribution in [0, 0.1) is 0 Å². The van der Waals surface area contributed by atoms with Gasteiger partial charge in [0.2, 0.25) is 0 Å². The van der Waals surface area contributed by atoms with Gasteiger partial charge < -0.3 is 10.2 Å². The molecule has 4 rings (SSSR count). The molecule has 1 N–H and O–H groups in total. The lowest BCUT2D eigenvalue weighted by Crippen LogP contribution is -2.55. The fourth-order valence-corrected chi connectivity index (χ4v) is 4.52. The Morgan fingerprint density at radius 3 is 2.67 bits per heavy atom. The van der Waals surface area contributed by atoms with Crippen LogP contribution in [0.2, 0.25) is 0 Å². The summed E-state index contributed by atoms with van der Waals surface area (Å²) in [5.74, 6) is -0.0222. The first kappa shape index (κ1) is 15.6. The van der Waals surface area contributed by atoms with Crippen LogP contribution in [-0.4, -0.2) is 45.8 Å². The Kier molecular flexibility index (Phi) is 4.04. The van der Waals surface area contributed by atoms with Gasteiger partial charge in [0.25, 0.3) is 5.91 Å². The average molecular weight is 326 g/mol. The first-order valence-electron chi connectivity index (χ1n) is 9.15. The molecule has 3 heterocycles. The smallest absolute Gasteiger partial charge is 0.272 e. The van der Waals surface area contributed by atoms with Crippen molar-refractivity contribution in [2.75, 3.05) is 7.05 Å². The molecule has 2 bridgehead atoms. The summed E-state index contributed by atoms with van der Waals surface area (Å²) in [6, 6.07) is 9.50. The summed E-state index contributed by atoms with van der Waals surface area (Å²) in [6.45, 7) is 2.82. The van der Waals surface area contributed by atoms with E-state index < -0.39 is 0 Å². The van der Waals surface area contributed by atoms with Crippen molar-refractivity contribution in [2.24, 2.45) is 0 Å². The van der Waals surface area contributed by atoms with E-state index in [9.17, 15) is 4.79 Å². The summed E-state index contributed by atoms with van der Waals surface area (Å²) in [7, 11) is 2.24. The Morgan fingerprint density at radius 1 is 1.25 bits per heavy atom. The van der Waals surface area contributed by atoms with Gasteiger partial charge in [-0.3, -0.25) is 9.48 Å². The molecule has 5 nitrogen and oxygen atoms in total. The van der Waals surface area contributed by atoms with E-state index in [0.29, 0.717) is 17.8 Å². The van der Waals surface area contributed by atoms with E-state index in [1.54, 1.807) is 0 Å². The summed E-state index contributed by atoms with van der Waals surface area (Å²) in [4.78, 5) is 15.4. The van der Waals surface area contributed by atoms with Gasteiger partial charge in [0, 0.05) is 30.1 Å². The fourth-order valence-electron chi connectivity index (χ4n) is 4.52. The molecule has 2 saturated heterocycles. The van der Waals surface area contributed by atoms with E-state index in [2.05, 4.69) is 29.3 Å². The Hall–Kier alpha value is -1.88. The summed E-state index contributed by atoms with van der Waals surface area (Å²) in [5.41, 5.74) is 1.60. The standard InChI is InChI=1S/C19H26N4O/c1-3-23-17-10-5-4-9-16(17)18(21-23)19(24)20-13-11-14-7-6-8-15(12-13)22(14)2/h4-5,9-10,13-15H,3,6-8,11-12H2,1-2H3,(H,20,24)/t13-,14+,15-. The Balaban J connectivity index is 1.55. The highest BCUT2D eigenvalue weighted by atomic mass is 16.2. The van der Waals surface area contributed by atoms with E-state index in [4.69, 9.17) is 0 Å². The van der Waals surface area contributed by atoms with Crippen LogP contribution in [-0.2, 0) is 6.54 Å². The topological polar surface area (TPSA) is 50.2 Å². The molecule has 24 heavy (non-hydrogen) atoms. The molecular weight excluding hydrogens is 300 g/mol. The van der Waals surface area contributed by atoms with Crippen LogP contribution >= 0.6 is 0 Å².